The number of fused-ring (bicyclic) bond motifs is 1. The van der Waals surface area contributed by atoms with Crippen molar-refractivity contribution in [3.63, 3.8) is 0 Å². The van der Waals surface area contributed by atoms with Crippen molar-refractivity contribution >= 4 is 5.96 Å². The number of nitrogens with zero attached hydrogens (tertiary/aromatic N) is 4. The summed E-state index contributed by atoms with van der Waals surface area (Å²) in [6, 6.07) is 0.327. The lowest BCUT2D eigenvalue weighted by molar-refractivity contribution is 0.177. The predicted octanol–water partition coefficient (Wildman–Crippen LogP) is 0.560. The van der Waals surface area contributed by atoms with Crippen LogP contribution in [0.3, 0.4) is 0 Å². The van der Waals surface area contributed by atoms with Crippen LogP contribution in [-0.2, 0) is 24.3 Å². The van der Waals surface area contributed by atoms with E-state index in [4.69, 9.17) is 4.74 Å². The number of aliphatic imine (C=N–C) groups is 1. The van der Waals surface area contributed by atoms with Crippen LogP contribution in [0.15, 0.2) is 4.99 Å². The number of ether oxygens (including phenoxy) is 1. The minimum Gasteiger partial charge on any atom is -0.377 e. The summed E-state index contributed by atoms with van der Waals surface area (Å²) in [6.45, 7) is 6.56. The second-order valence-electron chi connectivity index (χ2n) is 5.79. The van der Waals surface area contributed by atoms with Gasteiger partial charge in [-0.05, 0) is 12.3 Å². The number of rotatable bonds is 5. The van der Waals surface area contributed by atoms with E-state index in [9.17, 15) is 0 Å². The lowest BCUT2D eigenvalue weighted by Gasteiger charge is -2.25. The van der Waals surface area contributed by atoms with Gasteiger partial charge in [0.1, 0.15) is 12.4 Å². The lowest BCUT2D eigenvalue weighted by atomic mass is 10.1. The summed E-state index contributed by atoms with van der Waals surface area (Å²) in [5.41, 5.74) is 0. The van der Waals surface area contributed by atoms with Gasteiger partial charge in [0, 0.05) is 33.2 Å². The highest BCUT2D eigenvalue weighted by atomic mass is 16.5. The van der Waals surface area contributed by atoms with Crippen LogP contribution in [0.1, 0.15) is 31.9 Å². The molecule has 0 bridgehead atoms. The first-order valence-electron chi connectivity index (χ1n) is 7.51. The van der Waals surface area contributed by atoms with Gasteiger partial charge in [-0.2, -0.15) is 5.10 Å². The summed E-state index contributed by atoms with van der Waals surface area (Å²) in [4.78, 5) is 8.76. The van der Waals surface area contributed by atoms with Crippen molar-refractivity contribution in [3.8, 4) is 0 Å². The largest absolute Gasteiger partial charge is 0.377 e. The molecule has 21 heavy (non-hydrogen) atoms. The fraction of sp³-hybridized carbons (Fsp3) is 0.786. The van der Waals surface area contributed by atoms with Gasteiger partial charge in [0.2, 0.25) is 0 Å². The van der Waals surface area contributed by atoms with E-state index in [1.165, 1.54) is 0 Å². The van der Waals surface area contributed by atoms with Crippen molar-refractivity contribution in [2.24, 2.45) is 10.9 Å². The third kappa shape index (κ3) is 4.42. The number of aryl methyl sites for hydroxylation is 1. The highest BCUT2D eigenvalue weighted by Crippen LogP contribution is 2.13. The molecule has 0 saturated heterocycles. The Balaban J connectivity index is 1.91. The Morgan fingerprint density at radius 1 is 1.52 bits per heavy atom. The molecule has 1 aliphatic rings. The van der Waals surface area contributed by atoms with Crippen LogP contribution in [0, 0.1) is 5.92 Å². The van der Waals surface area contributed by atoms with Crippen molar-refractivity contribution in [1.29, 1.82) is 0 Å². The molecule has 1 aromatic heterocycles. The number of guanidine groups is 1. The van der Waals surface area contributed by atoms with Gasteiger partial charge < -0.3 is 15.4 Å². The molecule has 2 N–H and O–H groups in total. The van der Waals surface area contributed by atoms with E-state index in [0.29, 0.717) is 18.6 Å². The third-order valence-electron chi connectivity index (χ3n) is 3.42. The Bertz CT molecular complexity index is 482. The van der Waals surface area contributed by atoms with Gasteiger partial charge in [-0.3, -0.25) is 4.99 Å². The summed E-state index contributed by atoms with van der Waals surface area (Å²) < 4.78 is 7.06. The van der Waals surface area contributed by atoms with Gasteiger partial charge in [-0.15, -0.1) is 0 Å². The van der Waals surface area contributed by atoms with Crippen molar-refractivity contribution < 1.29 is 4.74 Å². The Morgan fingerprint density at radius 2 is 2.33 bits per heavy atom. The molecule has 1 unspecified atom stereocenters. The Labute approximate surface area is 126 Å². The van der Waals surface area contributed by atoms with E-state index in [0.717, 1.165) is 43.5 Å². The molecule has 2 rings (SSSR count). The molecule has 0 fully saturated rings. The van der Waals surface area contributed by atoms with Gasteiger partial charge in [0.05, 0.1) is 6.54 Å². The molecule has 1 aromatic rings. The Hall–Kier alpha value is -1.63. The van der Waals surface area contributed by atoms with Crippen molar-refractivity contribution in [1.82, 2.24) is 25.4 Å². The quantitative estimate of drug-likeness (QED) is 0.613. The number of nitrogens with one attached hydrogen (secondary N) is 2. The molecule has 0 amide bonds. The van der Waals surface area contributed by atoms with E-state index in [-0.39, 0.29) is 0 Å². The van der Waals surface area contributed by atoms with Crippen molar-refractivity contribution in [2.75, 3.05) is 20.7 Å². The summed E-state index contributed by atoms with van der Waals surface area (Å²) >= 11 is 0. The van der Waals surface area contributed by atoms with Crippen molar-refractivity contribution in [2.45, 2.75) is 45.9 Å². The van der Waals surface area contributed by atoms with Crippen LogP contribution in [0.25, 0.3) is 0 Å². The van der Waals surface area contributed by atoms with Crippen molar-refractivity contribution in [3.05, 3.63) is 11.6 Å². The molecule has 0 radical (unpaired) electrons. The fourth-order valence-corrected chi connectivity index (χ4v) is 2.36. The Kier molecular flexibility index (Phi) is 5.55. The number of hydrogen-bond acceptors (Lipinski definition) is 4. The molecule has 7 heteroatoms. The summed E-state index contributed by atoms with van der Waals surface area (Å²) in [6.07, 6.45) is 1.96. The number of hydrogen-bond donors (Lipinski definition) is 2. The van der Waals surface area contributed by atoms with Gasteiger partial charge in [-0.25, -0.2) is 9.67 Å². The second kappa shape index (κ2) is 7.40. The van der Waals surface area contributed by atoms with Crippen LogP contribution in [0.5, 0.6) is 0 Å². The molecular weight excluding hydrogens is 268 g/mol. The summed E-state index contributed by atoms with van der Waals surface area (Å²) in [5, 5.41) is 11.3. The van der Waals surface area contributed by atoms with Gasteiger partial charge in [0.25, 0.3) is 0 Å². The van der Waals surface area contributed by atoms with Crippen LogP contribution < -0.4 is 10.6 Å². The third-order valence-corrected chi connectivity index (χ3v) is 3.42. The fourth-order valence-electron chi connectivity index (χ4n) is 2.36. The van der Waals surface area contributed by atoms with E-state index < -0.39 is 0 Å². The molecule has 7 nitrogen and oxygen atoms in total. The second-order valence-corrected chi connectivity index (χ2v) is 5.79. The minimum atomic E-state index is 0.327. The first-order chi connectivity index (χ1) is 10.1. The zero-order chi connectivity index (χ0) is 15.2. The molecule has 1 atom stereocenters. The van der Waals surface area contributed by atoms with E-state index in [1.54, 1.807) is 14.2 Å². The lowest BCUT2D eigenvalue weighted by Crippen LogP contribution is -2.47. The molecule has 0 saturated carbocycles. The predicted molar refractivity (Wildman–Crippen MR) is 82.2 cm³/mol. The average molecular weight is 294 g/mol. The van der Waals surface area contributed by atoms with E-state index >= 15 is 0 Å². The van der Waals surface area contributed by atoms with Gasteiger partial charge in [0.15, 0.2) is 11.8 Å². The maximum atomic E-state index is 5.09. The maximum Gasteiger partial charge on any atom is 0.191 e. The summed E-state index contributed by atoms with van der Waals surface area (Å²) in [7, 11) is 3.46. The van der Waals surface area contributed by atoms with E-state index in [2.05, 4.69) is 39.6 Å². The smallest absolute Gasteiger partial charge is 0.191 e. The van der Waals surface area contributed by atoms with Crippen LogP contribution >= 0.6 is 0 Å². The van der Waals surface area contributed by atoms with Gasteiger partial charge in [-0.1, -0.05) is 13.8 Å². The minimum absolute atomic E-state index is 0.327. The molecular formula is C14H26N6O. The monoisotopic (exact) mass is 294 g/mol. The Morgan fingerprint density at radius 3 is 3.00 bits per heavy atom. The number of aromatic nitrogens is 3. The number of methoxy groups -OCH3 is 1. The first kappa shape index (κ1) is 15.8. The molecule has 0 spiro atoms. The SMILES string of the molecule is CN=C(NCC(C)C)NC1CCc2nc(COC)nn2C1. The molecule has 2 heterocycles. The average Bonchev–Trinajstić information content (AvgIpc) is 2.85. The van der Waals surface area contributed by atoms with Crippen LogP contribution in [0.4, 0.5) is 0 Å². The van der Waals surface area contributed by atoms with Crippen LogP contribution in [-0.4, -0.2) is 47.5 Å². The zero-order valence-corrected chi connectivity index (χ0v) is 13.4. The summed E-state index contributed by atoms with van der Waals surface area (Å²) in [5.74, 6) is 3.25. The first-order valence-corrected chi connectivity index (χ1v) is 7.51. The topological polar surface area (TPSA) is 76.4 Å². The molecule has 0 aromatic carbocycles. The zero-order valence-electron chi connectivity index (χ0n) is 13.4. The molecule has 1 aliphatic heterocycles. The normalized spacial score (nSPS) is 18.7. The highest BCUT2D eigenvalue weighted by molar-refractivity contribution is 5.79. The van der Waals surface area contributed by atoms with Gasteiger partial charge >= 0.3 is 0 Å². The standard InChI is InChI=1S/C14H26N6O/c1-10(2)7-16-14(15-3)17-11-5-6-13-18-12(9-21-4)19-20(13)8-11/h10-11H,5-9H2,1-4H3,(H2,15,16,17). The van der Waals surface area contributed by atoms with E-state index in [1.807, 2.05) is 4.68 Å². The molecule has 118 valence electrons. The van der Waals surface area contributed by atoms with Crippen LogP contribution in [0.2, 0.25) is 0 Å². The maximum absolute atomic E-state index is 5.09. The molecule has 0 aliphatic carbocycles. The highest BCUT2D eigenvalue weighted by Gasteiger charge is 2.22.